The van der Waals surface area contributed by atoms with Crippen LogP contribution in [-0.4, -0.2) is 73.7 Å². The van der Waals surface area contributed by atoms with E-state index in [1.54, 1.807) is 0 Å². The van der Waals surface area contributed by atoms with Crippen molar-refractivity contribution in [3.8, 4) is 0 Å². The molecule has 0 aliphatic rings. The van der Waals surface area contributed by atoms with Gasteiger partial charge < -0.3 is 34.2 Å². The Labute approximate surface area is 291 Å². The van der Waals surface area contributed by atoms with Gasteiger partial charge in [-0.1, -0.05) is 13.2 Å². The zero-order valence-electron chi connectivity index (χ0n) is 32.8. The van der Waals surface area contributed by atoms with Gasteiger partial charge in [0, 0.05) is 24.9 Å². The molecule has 0 bridgehead atoms. The lowest BCUT2D eigenvalue weighted by Crippen LogP contribution is -2.60. The quantitative estimate of drug-likeness (QED) is 0.0604. The Balaban J connectivity index is 5.36. The van der Waals surface area contributed by atoms with Crippen molar-refractivity contribution in [2.75, 3.05) is 0 Å². The summed E-state index contributed by atoms with van der Waals surface area (Å²) >= 11 is 0. The van der Waals surface area contributed by atoms with Crippen molar-refractivity contribution in [1.82, 2.24) is 0 Å². The summed E-state index contributed by atoms with van der Waals surface area (Å²) in [5.41, 5.74) is 0. The van der Waals surface area contributed by atoms with E-state index < -0.39 is 73.7 Å². The lowest BCUT2D eigenvalue weighted by Gasteiger charge is -2.43. The first-order valence-electron chi connectivity index (χ1n) is 16.6. The molecule has 0 aliphatic carbocycles. The van der Waals surface area contributed by atoms with Crippen LogP contribution in [0.25, 0.3) is 0 Å². The van der Waals surface area contributed by atoms with E-state index in [0.29, 0.717) is 49.3 Å². The van der Waals surface area contributed by atoms with Crippen LogP contribution >= 0.6 is 0 Å². The molecular formula is C29H70O9Si8. The average Bonchev–Trinajstić information content (AvgIpc) is 2.64. The molecule has 0 aromatic carbocycles. The average molecular weight is 788 g/mol. The highest BCUT2D eigenvalue weighted by Crippen LogP contribution is 2.32. The van der Waals surface area contributed by atoms with Gasteiger partial charge in [0.15, 0.2) is 49.9 Å². The molecule has 0 saturated heterocycles. The van der Waals surface area contributed by atoms with Crippen LogP contribution in [0.15, 0.2) is 24.7 Å². The third-order valence-corrected chi connectivity index (χ3v) is 29.2. The molecule has 0 spiro atoms. The van der Waals surface area contributed by atoms with Crippen LogP contribution < -0.4 is 0 Å². The van der Waals surface area contributed by atoms with Crippen LogP contribution in [0.5, 0.6) is 0 Å². The second kappa shape index (κ2) is 17.4. The van der Waals surface area contributed by atoms with Gasteiger partial charge in [0.25, 0.3) is 0 Å². The van der Waals surface area contributed by atoms with E-state index in [4.69, 9.17) is 34.2 Å². The van der Waals surface area contributed by atoms with Gasteiger partial charge in [0.05, 0.1) is 0 Å². The Hall–Kier alpha value is 0.245. The standard InChI is InChI=1S/C29H70O9Si8/c1-27(23-21-25-45(33-39(3,4)5,34-40(6,7)8)35-41(9,10)11)31-29(30)32-28(2)24-22-26-46(36-42(12,13)14,37-43(15,16)17)38-44(18,19)20/h1-2,21-26H2,3-20H3. The summed E-state index contributed by atoms with van der Waals surface area (Å²) in [5, 5.41) is 0. The SMILES string of the molecule is C=C(CCC[Si](O[Si](C)(C)C)(O[Si](C)(C)C)O[Si](C)(C)C)OC(=O)OC(=C)CCC[Si](O[Si](C)(C)C)(O[Si](C)(C)C)O[Si](C)(C)C. The molecule has 0 aromatic rings. The van der Waals surface area contributed by atoms with E-state index in [-0.39, 0.29) is 0 Å². The van der Waals surface area contributed by atoms with E-state index in [1.165, 1.54) is 0 Å². The fraction of sp³-hybridized carbons (Fsp3) is 0.828. The molecule has 0 aliphatic heterocycles. The minimum atomic E-state index is -2.97. The molecule has 0 radical (unpaired) electrons. The Morgan fingerprint density at radius 1 is 0.413 bits per heavy atom. The second-order valence-corrected chi connectivity index (χ2v) is 51.9. The first kappa shape index (κ1) is 46.2. The van der Waals surface area contributed by atoms with Crippen molar-refractivity contribution in [2.24, 2.45) is 0 Å². The largest absolute Gasteiger partial charge is 0.518 e. The molecule has 0 rings (SSSR count). The zero-order chi connectivity index (χ0) is 36.6. The maximum absolute atomic E-state index is 12.6. The van der Waals surface area contributed by atoms with Gasteiger partial charge in [0.2, 0.25) is 0 Å². The van der Waals surface area contributed by atoms with Gasteiger partial charge in [-0.3, -0.25) is 0 Å². The lowest BCUT2D eigenvalue weighted by molar-refractivity contribution is 0.0977. The smallest absolute Gasteiger partial charge is 0.417 e. The fourth-order valence-electron chi connectivity index (χ4n) is 4.59. The normalized spacial score (nSPS) is 14.3. The van der Waals surface area contributed by atoms with Crippen molar-refractivity contribution < 1.29 is 39.0 Å². The number of carbonyl (C=O) groups is 1. The molecule has 0 aromatic heterocycles. The van der Waals surface area contributed by atoms with Gasteiger partial charge in [-0.05, 0) is 131 Å². The Bertz CT molecular complexity index is 840. The minimum absolute atomic E-state index is 0.330. The second-order valence-electron chi connectivity index (χ2n) is 17.9. The summed E-state index contributed by atoms with van der Waals surface area (Å²) in [6.45, 7) is 47.0. The van der Waals surface area contributed by atoms with E-state index in [9.17, 15) is 4.79 Å². The maximum atomic E-state index is 12.6. The van der Waals surface area contributed by atoms with Crippen LogP contribution in [0.4, 0.5) is 4.79 Å². The summed E-state index contributed by atoms with van der Waals surface area (Å²) in [6.07, 6.45) is 1.42. The molecule has 0 heterocycles. The van der Waals surface area contributed by atoms with Crippen molar-refractivity contribution in [3.63, 3.8) is 0 Å². The van der Waals surface area contributed by atoms with Crippen LogP contribution in [-0.2, 0) is 34.2 Å². The van der Waals surface area contributed by atoms with Crippen LogP contribution in [0, 0.1) is 0 Å². The number of hydrogen-bond donors (Lipinski definition) is 0. The highest BCUT2D eigenvalue weighted by atomic mass is 28.5. The van der Waals surface area contributed by atoms with Gasteiger partial charge in [-0.15, -0.1) is 0 Å². The Morgan fingerprint density at radius 3 is 0.783 bits per heavy atom. The minimum Gasteiger partial charge on any atom is -0.417 e. The zero-order valence-corrected chi connectivity index (χ0v) is 40.8. The Morgan fingerprint density at radius 2 is 0.609 bits per heavy atom. The molecule has 0 saturated carbocycles. The highest BCUT2D eigenvalue weighted by Gasteiger charge is 2.51. The summed E-state index contributed by atoms with van der Waals surface area (Å²) in [6, 6.07) is 1.28. The molecule has 17 heteroatoms. The van der Waals surface area contributed by atoms with Crippen LogP contribution in [0.1, 0.15) is 25.7 Å². The van der Waals surface area contributed by atoms with Gasteiger partial charge in [-0.2, -0.15) is 0 Å². The molecule has 46 heavy (non-hydrogen) atoms. The van der Waals surface area contributed by atoms with E-state index in [0.717, 1.165) is 0 Å². The van der Waals surface area contributed by atoms with E-state index >= 15 is 0 Å². The summed E-state index contributed by atoms with van der Waals surface area (Å²) in [5.74, 6) is 0.661. The monoisotopic (exact) mass is 786 g/mol. The van der Waals surface area contributed by atoms with E-state index in [2.05, 4.69) is 131 Å². The third-order valence-electron chi connectivity index (χ3n) is 5.10. The molecule has 0 amide bonds. The summed E-state index contributed by atoms with van der Waals surface area (Å²) < 4.78 is 51.3. The highest BCUT2D eigenvalue weighted by molar-refractivity contribution is 6.91. The lowest BCUT2D eigenvalue weighted by atomic mass is 10.3. The topological polar surface area (TPSA) is 90.9 Å². The number of rotatable bonds is 22. The van der Waals surface area contributed by atoms with Crippen molar-refractivity contribution in [3.05, 3.63) is 24.7 Å². The number of hydrogen-bond acceptors (Lipinski definition) is 9. The summed E-state index contributed by atoms with van der Waals surface area (Å²) in [7, 11) is -17.8. The molecule has 272 valence electrons. The number of carbonyl (C=O) groups excluding carboxylic acids is 1. The van der Waals surface area contributed by atoms with Gasteiger partial charge in [0.1, 0.15) is 11.5 Å². The Kier molecular flexibility index (Phi) is 17.5. The molecule has 0 atom stereocenters. The van der Waals surface area contributed by atoms with Crippen molar-refractivity contribution in [1.29, 1.82) is 0 Å². The molecule has 0 fully saturated rings. The van der Waals surface area contributed by atoms with Crippen LogP contribution in [0.3, 0.4) is 0 Å². The molecular weight excluding hydrogens is 717 g/mol. The summed E-state index contributed by atoms with van der Waals surface area (Å²) in [4.78, 5) is 12.6. The van der Waals surface area contributed by atoms with E-state index in [1.807, 2.05) is 0 Å². The number of ether oxygens (including phenoxy) is 2. The van der Waals surface area contributed by atoms with Gasteiger partial charge in [-0.25, -0.2) is 4.79 Å². The number of allylic oxidation sites excluding steroid dienone is 2. The van der Waals surface area contributed by atoms with Crippen molar-refractivity contribution in [2.45, 2.75) is 156 Å². The predicted molar refractivity (Wildman–Crippen MR) is 212 cm³/mol. The predicted octanol–water partition coefficient (Wildman–Crippen LogP) is 10.7. The maximum Gasteiger partial charge on any atom is 0.518 e. The molecule has 9 nitrogen and oxygen atoms in total. The third kappa shape index (κ3) is 24.4. The molecule has 0 unspecified atom stereocenters. The van der Waals surface area contributed by atoms with Gasteiger partial charge >= 0.3 is 23.8 Å². The first-order valence-corrected chi connectivity index (χ1v) is 40.9. The van der Waals surface area contributed by atoms with Crippen molar-refractivity contribution >= 4 is 73.7 Å². The first-order chi connectivity index (χ1) is 20.1. The van der Waals surface area contributed by atoms with Crippen LogP contribution in [0.2, 0.25) is 130 Å². The fourth-order valence-corrected chi connectivity index (χ4v) is 33.9. The molecule has 0 N–H and O–H groups in total.